The van der Waals surface area contributed by atoms with Crippen LogP contribution < -0.4 is 5.32 Å². The minimum absolute atomic E-state index is 0.0344. The molecular weight excluding hydrogens is 380 g/mol. The number of amides is 2. The van der Waals surface area contributed by atoms with Crippen LogP contribution in [-0.4, -0.2) is 22.2 Å². The topological polar surface area (TPSA) is 68.2 Å². The first kappa shape index (κ1) is 16.2. The van der Waals surface area contributed by atoms with E-state index in [1.165, 1.54) is 4.70 Å². The minimum Gasteiger partial charge on any atom is -0.307 e. The SMILES string of the molecule is O=C1CC(=O)/C(=C\c2cc3c(s2)c2sccc2n3-c2ccccc2)C(=O)N1. The predicted octanol–water partition coefficient (Wildman–Crippen LogP) is 3.91. The zero-order valence-corrected chi connectivity index (χ0v) is 15.5. The third kappa shape index (κ3) is 2.55. The molecular formula is C20H12N2O3S2. The molecule has 27 heavy (non-hydrogen) atoms. The third-order valence-corrected chi connectivity index (χ3v) is 6.62. The van der Waals surface area contributed by atoms with Crippen LogP contribution in [0.3, 0.4) is 0 Å². The van der Waals surface area contributed by atoms with Gasteiger partial charge in [-0.05, 0) is 35.7 Å². The average molecular weight is 392 g/mol. The average Bonchev–Trinajstić information content (AvgIpc) is 3.31. The maximum absolute atomic E-state index is 12.1. The van der Waals surface area contributed by atoms with Crippen LogP contribution in [0.25, 0.3) is 32.2 Å². The maximum Gasteiger partial charge on any atom is 0.261 e. The van der Waals surface area contributed by atoms with Gasteiger partial charge in [0.1, 0.15) is 0 Å². The zero-order chi connectivity index (χ0) is 18.5. The summed E-state index contributed by atoms with van der Waals surface area (Å²) < 4.78 is 4.49. The molecule has 132 valence electrons. The molecule has 0 radical (unpaired) electrons. The monoisotopic (exact) mass is 392 g/mol. The Kier molecular flexibility index (Phi) is 3.60. The van der Waals surface area contributed by atoms with E-state index in [2.05, 4.69) is 33.5 Å². The third-order valence-electron chi connectivity index (χ3n) is 4.48. The molecule has 3 aromatic heterocycles. The number of piperidine rings is 1. The molecule has 1 saturated heterocycles. The number of hydrogen-bond donors (Lipinski definition) is 1. The van der Waals surface area contributed by atoms with Gasteiger partial charge in [-0.2, -0.15) is 0 Å². The molecule has 1 N–H and O–H groups in total. The lowest BCUT2D eigenvalue weighted by Gasteiger charge is -2.11. The van der Waals surface area contributed by atoms with E-state index in [9.17, 15) is 14.4 Å². The predicted molar refractivity (Wildman–Crippen MR) is 107 cm³/mol. The summed E-state index contributed by atoms with van der Waals surface area (Å²) in [6.07, 6.45) is 1.30. The molecule has 1 aliphatic heterocycles. The fourth-order valence-electron chi connectivity index (χ4n) is 3.33. The van der Waals surface area contributed by atoms with Crippen LogP contribution >= 0.6 is 22.7 Å². The summed E-state index contributed by atoms with van der Waals surface area (Å²) in [6.45, 7) is 0. The molecule has 4 aromatic rings. The van der Waals surface area contributed by atoms with E-state index < -0.39 is 17.6 Å². The van der Waals surface area contributed by atoms with Crippen LogP contribution in [0.15, 0.2) is 53.4 Å². The number of ketones is 1. The Bertz CT molecular complexity index is 1250. The molecule has 4 heterocycles. The number of fused-ring (bicyclic) bond motifs is 3. The van der Waals surface area contributed by atoms with Crippen molar-refractivity contribution < 1.29 is 14.4 Å². The normalized spacial score (nSPS) is 16.6. The van der Waals surface area contributed by atoms with Gasteiger partial charge < -0.3 is 4.57 Å². The standard InChI is InChI=1S/C20H12N2O3S2/c23-16-10-17(24)21-20(25)13(16)8-12-9-15-19(27-12)18-14(6-7-26-18)22(15)11-4-2-1-3-5-11/h1-9H,10H2,(H,21,24,25)/b13-8+. The number of rotatable bonds is 2. The molecule has 1 fully saturated rings. The molecule has 0 atom stereocenters. The largest absolute Gasteiger partial charge is 0.307 e. The fraction of sp³-hybridized carbons (Fsp3) is 0.0500. The van der Waals surface area contributed by atoms with Gasteiger partial charge >= 0.3 is 0 Å². The van der Waals surface area contributed by atoms with Crippen molar-refractivity contribution in [2.24, 2.45) is 0 Å². The van der Waals surface area contributed by atoms with Crippen molar-refractivity contribution in [3.8, 4) is 5.69 Å². The number of imide groups is 1. The van der Waals surface area contributed by atoms with E-state index in [0.29, 0.717) is 0 Å². The number of thiophene rings is 2. The molecule has 7 heteroatoms. The van der Waals surface area contributed by atoms with Crippen LogP contribution in [0.1, 0.15) is 11.3 Å². The second-order valence-corrected chi connectivity index (χ2v) is 8.20. The quantitative estimate of drug-likeness (QED) is 0.243. The van der Waals surface area contributed by atoms with Gasteiger partial charge in [0, 0.05) is 10.6 Å². The van der Waals surface area contributed by atoms with Crippen LogP contribution in [0.5, 0.6) is 0 Å². The molecule has 0 spiro atoms. The number of nitrogens with zero attached hydrogens (tertiary/aromatic N) is 1. The van der Waals surface area contributed by atoms with E-state index >= 15 is 0 Å². The fourth-order valence-corrected chi connectivity index (χ4v) is 5.46. The first-order valence-electron chi connectivity index (χ1n) is 8.28. The van der Waals surface area contributed by atoms with Crippen LogP contribution in [0, 0.1) is 0 Å². The molecule has 5 rings (SSSR count). The Labute approximate surface area is 161 Å². The van der Waals surface area contributed by atoms with Crippen molar-refractivity contribution in [2.45, 2.75) is 6.42 Å². The summed E-state index contributed by atoms with van der Waals surface area (Å²) >= 11 is 3.21. The lowest BCUT2D eigenvalue weighted by Crippen LogP contribution is -2.40. The highest BCUT2D eigenvalue weighted by Gasteiger charge is 2.28. The first-order chi connectivity index (χ1) is 13.1. The van der Waals surface area contributed by atoms with Gasteiger partial charge in [-0.3, -0.25) is 19.7 Å². The molecule has 0 unspecified atom stereocenters. The van der Waals surface area contributed by atoms with Gasteiger partial charge in [-0.15, -0.1) is 22.7 Å². The highest BCUT2D eigenvalue weighted by molar-refractivity contribution is 7.27. The van der Waals surface area contributed by atoms with Crippen molar-refractivity contribution in [1.29, 1.82) is 0 Å². The van der Waals surface area contributed by atoms with Crippen molar-refractivity contribution in [3.05, 3.63) is 58.3 Å². The van der Waals surface area contributed by atoms with E-state index in [1.807, 2.05) is 24.3 Å². The number of nitrogens with one attached hydrogen (secondary N) is 1. The lowest BCUT2D eigenvalue weighted by atomic mass is 10.0. The van der Waals surface area contributed by atoms with Crippen molar-refractivity contribution in [1.82, 2.24) is 9.88 Å². The van der Waals surface area contributed by atoms with E-state index in [4.69, 9.17) is 0 Å². The summed E-state index contributed by atoms with van der Waals surface area (Å²) in [5.41, 5.74) is 3.28. The van der Waals surface area contributed by atoms with Crippen LogP contribution in [0.2, 0.25) is 0 Å². The summed E-state index contributed by atoms with van der Waals surface area (Å²) in [5, 5.41) is 4.27. The van der Waals surface area contributed by atoms with Gasteiger partial charge in [0.2, 0.25) is 5.91 Å². The molecule has 0 aliphatic carbocycles. The minimum atomic E-state index is -0.624. The Morgan fingerprint density at radius 1 is 1.00 bits per heavy atom. The summed E-state index contributed by atoms with van der Waals surface area (Å²) in [6, 6.07) is 14.2. The number of benzene rings is 1. The number of aromatic nitrogens is 1. The Balaban J connectivity index is 1.70. The molecule has 0 bridgehead atoms. The highest BCUT2D eigenvalue weighted by Crippen LogP contribution is 2.40. The highest BCUT2D eigenvalue weighted by atomic mass is 32.1. The van der Waals surface area contributed by atoms with Gasteiger partial charge in [-0.25, -0.2) is 0 Å². The van der Waals surface area contributed by atoms with Crippen molar-refractivity contribution in [3.63, 3.8) is 0 Å². The van der Waals surface area contributed by atoms with Gasteiger partial charge in [0.15, 0.2) is 5.78 Å². The number of Topliss-reactive ketones (excluding diaryl/α,β-unsaturated/α-hetero) is 1. The van der Waals surface area contributed by atoms with E-state index in [0.717, 1.165) is 26.3 Å². The molecule has 0 saturated carbocycles. The molecule has 1 aromatic carbocycles. The van der Waals surface area contributed by atoms with E-state index in [1.54, 1.807) is 28.7 Å². The van der Waals surface area contributed by atoms with Crippen molar-refractivity contribution in [2.75, 3.05) is 0 Å². The van der Waals surface area contributed by atoms with Gasteiger partial charge in [0.05, 0.1) is 32.4 Å². The summed E-state index contributed by atoms with van der Waals surface area (Å²) in [7, 11) is 0. The smallest absolute Gasteiger partial charge is 0.261 e. The van der Waals surface area contributed by atoms with Gasteiger partial charge in [0.25, 0.3) is 5.91 Å². The number of carbonyl (C=O) groups excluding carboxylic acids is 3. The molecule has 5 nitrogen and oxygen atoms in total. The van der Waals surface area contributed by atoms with E-state index in [-0.39, 0.29) is 12.0 Å². The Morgan fingerprint density at radius 3 is 2.59 bits per heavy atom. The van der Waals surface area contributed by atoms with Crippen molar-refractivity contribution >= 4 is 66.8 Å². The second kappa shape index (κ2) is 6.00. The number of para-hydroxylation sites is 1. The Hall–Kier alpha value is -3.03. The van der Waals surface area contributed by atoms with Gasteiger partial charge in [-0.1, -0.05) is 18.2 Å². The lowest BCUT2D eigenvalue weighted by molar-refractivity contribution is -0.134. The number of hydrogen-bond acceptors (Lipinski definition) is 5. The zero-order valence-electron chi connectivity index (χ0n) is 13.9. The Morgan fingerprint density at radius 2 is 1.81 bits per heavy atom. The van der Waals surface area contributed by atoms with Crippen LogP contribution in [-0.2, 0) is 14.4 Å². The van der Waals surface area contributed by atoms with Crippen LogP contribution in [0.4, 0.5) is 0 Å². The summed E-state index contributed by atoms with van der Waals surface area (Å²) in [4.78, 5) is 36.2. The first-order valence-corrected chi connectivity index (χ1v) is 9.97. The number of carbonyl (C=O) groups is 3. The second-order valence-electron chi connectivity index (χ2n) is 6.20. The summed E-state index contributed by atoms with van der Waals surface area (Å²) in [5.74, 6) is -1.61. The maximum atomic E-state index is 12.1. The molecule has 1 aliphatic rings. The molecule has 2 amide bonds.